The van der Waals surface area contributed by atoms with E-state index in [0.29, 0.717) is 5.02 Å². The zero-order valence-electron chi connectivity index (χ0n) is 9.74. The average molecular weight is 270 g/mol. The molecule has 0 aliphatic heterocycles. The Kier molecular flexibility index (Phi) is 3.69. The van der Waals surface area contributed by atoms with Crippen molar-refractivity contribution in [1.29, 1.82) is 0 Å². The molecular weight excluding hydrogens is 257 g/mol. The second-order valence-corrected chi connectivity index (χ2v) is 4.42. The number of aromatic nitrogens is 2. The van der Waals surface area contributed by atoms with Gasteiger partial charge in [-0.1, -0.05) is 11.6 Å². The third-order valence-corrected chi connectivity index (χ3v) is 3.08. The summed E-state index contributed by atoms with van der Waals surface area (Å²) < 4.78 is 0. The van der Waals surface area contributed by atoms with Crippen LogP contribution in [0, 0.1) is 0 Å². The minimum atomic E-state index is 0.265. The summed E-state index contributed by atoms with van der Waals surface area (Å²) >= 11 is 12.0. The van der Waals surface area contributed by atoms with Crippen molar-refractivity contribution in [2.24, 2.45) is 0 Å². The van der Waals surface area contributed by atoms with Gasteiger partial charge in [0.15, 0.2) is 0 Å². The fraction of sp³-hybridized carbons (Fsp3) is 0.333. The van der Waals surface area contributed by atoms with Crippen LogP contribution in [-0.2, 0) is 0 Å². The molecule has 0 saturated heterocycles. The van der Waals surface area contributed by atoms with Gasteiger partial charge in [0.25, 0.3) is 0 Å². The predicted molar refractivity (Wildman–Crippen MR) is 73.1 cm³/mol. The van der Waals surface area contributed by atoms with E-state index in [2.05, 4.69) is 28.7 Å². The Labute approximate surface area is 110 Å². The zero-order chi connectivity index (χ0) is 12.4. The van der Waals surface area contributed by atoms with E-state index in [9.17, 15) is 0 Å². The molecule has 1 aromatic heterocycles. The molecule has 0 aliphatic carbocycles. The van der Waals surface area contributed by atoms with Gasteiger partial charge in [-0.05, 0) is 43.6 Å². The first-order valence-corrected chi connectivity index (χ1v) is 6.29. The molecule has 0 radical (unpaired) electrons. The first kappa shape index (κ1) is 12.4. The quantitative estimate of drug-likeness (QED) is 0.795. The van der Waals surface area contributed by atoms with Crippen LogP contribution in [0.4, 0.5) is 5.82 Å². The second-order valence-electron chi connectivity index (χ2n) is 3.65. The summed E-state index contributed by atoms with van der Waals surface area (Å²) in [6.07, 6.45) is 0. The molecule has 1 heterocycles. The Balaban J connectivity index is 2.71. The van der Waals surface area contributed by atoms with Gasteiger partial charge < -0.3 is 4.90 Å². The summed E-state index contributed by atoms with van der Waals surface area (Å²) in [6, 6.07) is 5.54. The molecule has 2 aromatic rings. The van der Waals surface area contributed by atoms with Crippen LogP contribution >= 0.6 is 23.2 Å². The third kappa shape index (κ3) is 2.45. The van der Waals surface area contributed by atoms with Crippen LogP contribution in [0.25, 0.3) is 10.9 Å². The smallest absolute Gasteiger partial charge is 0.224 e. The average Bonchev–Trinajstić information content (AvgIpc) is 2.31. The Bertz CT molecular complexity index is 539. The van der Waals surface area contributed by atoms with Crippen molar-refractivity contribution < 1.29 is 0 Å². The maximum Gasteiger partial charge on any atom is 0.224 e. The molecule has 0 fully saturated rings. The summed E-state index contributed by atoms with van der Waals surface area (Å²) in [7, 11) is 0. The fourth-order valence-corrected chi connectivity index (χ4v) is 2.16. The number of hydrogen-bond acceptors (Lipinski definition) is 3. The number of hydrogen-bond donors (Lipinski definition) is 0. The molecule has 0 spiro atoms. The van der Waals surface area contributed by atoms with Crippen molar-refractivity contribution in [1.82, 2.24) is 9.97 Å². The Morgan fingerprint density at radius 1 is 1.12 bits per heavy atom. The fourth-order valence-electron chi connectivity index (χ4n) is 1.82. The highest BCUT2D eigenvalue weighted by molar-refractivity contribution is 6.31. The van der Waals surface area contributed by atoms with E-state index in [1.165, 1.54) is 0 Å². The summed E-state index contributed by atoms with van der Waals surface area (Å²) in [4.78, 5) is 10.6. The lowest BCUT2D eigenvalue weighted by atomic mass is 10.2. The van der Waals surface area contributed by atoms with Gasteiger partial charge in [0.05, 0.1) is 5.52 Å². The van der Waals surface area contributed by atoms with Gasteiger partial charge in [0.1, 0.15) is 5.82 Å². The maximum atomic E-state index is 6.01. The van der Waals surface area contributed by atoms with Gasteiger partial charge in [-0.3, -0.25) is 0 Å². The first-order valence-electron chi connectivity index (χ1n) is 5.53. The number of halogens is 2. The Morgan fingerprint density at radius 3 is 2.47 bits per heavy atom. The standard InChI is InChI=1S/C12H13Cl2N3/c1-3-17(4-2)11-9-7-8(13)5-6-10(9)15-12(14)16-11/h5-7H,3-4H2,1-2H3. The lowest BCUT2D eigenvalue weighted by molar-refractivity contribution is 0.849. The maximum absolute atomic E-state index is 6.01. The Hall–Kier alpha value is -1.06. The monoisotopic (exact) mass is 269 g/mol. The molecule has 17 heavy (non-hydrogen) atoms. The van der Waals surface area contributed by atoms with E-state index in [-0.39, 0.29) is 5.28 Å². The number of nitrogens with zero attached hydrogens (tertiary/aromatic N) is 3. The van der Waals surface area contributed by atoms with Crippen LogP contribution in [0.2, 0.25) is 10.3 Å². The van der Waals surface area contributed by atoms with E-state index in [1.807, 2.05) is 12.1 Å². The number of rotatable bonds is 3. The topological polar surface area (TPSA) is 29.0 Å². The molecule has 0 unspecified atom stereocenters. The molecule has 3 nitrogen and oxygen atoms in total. The Morgan fingerprint density at radius 2 is 1.82 bits per heavy atom. The largest absolute Gasteiger partial charge is 0.357 e. The zero-order valence-corrected chi connectivity index (χ0v) is 11.3. The van der Waals surface area contributed by atoms with Crippen molar-refractivity contribution in [2.45, 2.75) is 13.8 Å². The van der Waals surface area contributed by atoms with E-state index in [1.54, 1.807) is 6.07 Å². The molecular formula is C12H13Cl2N3. The number of fused-ring (bicyclic) bond motifs is 1. The minimum absolute atomic E-state index is 0.265. The van der Waals surface area contributed by atoms with E-state index >= 15 is 0 Å². The molecule has 0 aliphatic rings. The van der Waals surface area contributed by atoms with Gasteiger partial charge in [-0.2, -0.15) is 4.98 Å². The van der Waals surface area contributed by atoms with Gasteiger partial charge in [-0.15, -0.1) is 0 Å². The van der Waals surface area contributed by atoms with Crippen LogP contribution in [0.15, 0.2) is 18.2 Å². The van der Waals surface area contributed by atoms with Crippen molar-refractivity contribution in [3.05, 3.63) is 28.5 Å². The highest BCUT2D eigenvalue weighted by atomic mass is 35.5. The molecule has 0 saturated carbocycles. The highest BCUT2D eigenvalue weighted by Crippen LogP contribution is 2.27. The second kappa shape index (κ2) is 5.07. The van der Waals surface area contributed by atoms with Crippen LogP contribution in [0.5, 0.6) is 0 Å². The predicted octanol–water partition coefficient (Wildman–Crippen LogP) is 3.78. The number of anilines is 1. The van der Waals surface area contributed by atoms with Crippen LogP contribution < -0.4 is 4.90 Å². The summed E-state index contributed by atoms with van der Waals surface area (Å²) in [5.74, 6) is 0.840. The van der Waals surface area contributed by atoms with Crippen LogP contribution in [0.3, 0.4) is 0 Å². The molecule has 0 amide bonds. The lowest BCUT2D eigenvalue weighted by Gasteiger charge is -2.21. The highest BCUT2D eigenvalue weighted by Gasteiger charge is 2.11. The molecule has 0 N–H and O–H groups in total. The van der Waals surface area contributed by atoms with Crippen molar-refractivity contribution >= 4 is 39.9 Å². The van der Waals surface area contributed by atoms with Crippen LogP contribution in [-0.4, -0.2) is 23.1 Å². The van der Waals surface area contributed by atoms with Gasteiger partial charge in [0.2, 0.25) is 5.28 Å². The van der Waals surface area contributed by atoms with Gasteiger partial charge in [0, 0.05) is 23.5 Å². The van der Waals surface area contributed by atoms with Crippen molar-refractivity contribution in [3.8, 4) is 0 Å². The first-order chi connectivity index (χ1) is 8.15. The summed E-state index contributed by atoms with van der Waals surface area (Å²) in [6.45, 7) is 5.89. The summed E-state index contributed by atoms with van der Waals surface area (Å²) in [5, 5.41) is 1.88. The van der Waals surface area contributed by atoms with E-state index < -0.39 is 0 Å². The van der Waals surface area contributed by atoms with Crippen molar-refractivity contribution in [2.75, 3.05) is 18.0 Å². The van der Waals surface area contributed by atoms with Crippen LogP contribution in [0.1, 0.15) is 13.8 Å². The number of benzene rings is 1. The normalized spacial score (nSPS) is 10.8. The molecule has 1 aromatic carbocycles. The van der Waals surface area contributed by atoms with Crippen molar-refractivity contribution in [3.63, 3.8) is 0 Å². The molecule has 5 heteroatoms. The molecule has 2 rings (SSSR count). The van der Waals surface area contributed by atoms with Gasteiger partial charge >= 0.3 is 0 Å². The third-order valence-electron chi connectivity index (χ3n) is 2.67. The SMILES string of the molecule is CCN(CC)c1nc(Cl)nc2ccc(Cl)cc12. The van der Waals surface area contributed by atoms with Gasteiger partial charge in [-0.25, -0.2) is 4.98 Å². The minimum Gasteiger partial charge on any atom is -0.357 e. The molecule has 0 bridgehead atoms. The molecule has 90 valence electrons. The van der Waals surface area contributed by atoms with E-state index in [0.717, 1.165) is 29.8 Å². The summed E-state index contributed by atoms with van der Waals surface area (Å²) in [5.41, 5.74) is 0.816. The van der Waals surface area contributed by atoms with E-state index in [4.69, 9.17) is 23.2 Å². The lowest BCUT2D eigenvalue weighted by Crippen LogP contribution is -2.23. The molecule has 0 atom stereocenters.